The first-order valence-electron chi connectivity index (χ1n) is 5.91. The number of aromatic carboxylic acids is 1. The first-order chi connectivity index (χ1) is 10.1. The van der Waals surface area contributed by atoms with Gasteiger partial charge < -0.3 is 9.52 Å². The molecule has 3 rings (SSSR count). The smallest absolute Gasteiger partial charge is 0.335 e. The van der Waals surface area contributed by atoms with Crippen LogP contribution in [0.25, 0.3) is 22.2 Å². The number of pyridine rings is 1. The Balaban J connectivity index is 2.23. The molecular formula is C14H8N2O5. The lowest BCUT2D eigenvalue weighted by Crippen LogP contribution is -1.97. The van der Waals surface area contributed by atoms with Crippen molar-refractivity contribution < 1.29 is 19.2 Å². The van der Waals surface area contributed by atoms with E-state index in [1.807, 2.05) is 0 Å². The molecule has 0 saturated carbocycles. The normalized spacial score (nSPS) is 10.7. The molecule has 0 aliphatic carbocycles. The lowest BCUT2D eigenvalue weighted by molar-refractivity contribution is -0.383. The number of carbonyl (C=O) groups is 1. The molecule has 0 bridgehead atoms. The van der Waals surface area contributed by atoms with Crippen LogP contribution in [0.1, 0.15) is 10.4 Å². The highest BCUT2D eigenvalue weighted by Crippen LogP contribution is 2.32. The van der Waals surface area contributed by atoms with E-state index in [0.29, 0.717) is 16.6 Å². The number of aromatic nitrogens is 1. The maximum absolute atomic E-state index is 11.1. The Kier molecular flexibility index (Phi) is 2.87. The molecule has 3 aromatic rings. The summed E-state index contributed by atoms with van der Waals surface area (Å²) in [7, 11) is 0. The number of nitro groups is 1. The molecule has 0 saturated heterocycles. The zero-order chi connectivity index (χ0) is 15.0. The van der Waals surface area contributed by atoms with Crippen LogP contribution in [0.15, 0.2) is 47.2 Å². The van der Waals surface area contributed by atoms with Crippen LogP contribution >= 0.6 is 0 Å². The Morgan fingerprint density at radius 1 is 1.29 bits per heavy atom. The van der Waals surface area contributed by atoms with Gasteiger partial charge >= 0.3 is 11.7 Å². The Bertz CT molecular complexity index is 869. The van der Waals surface area contributed by atoms with Crippen molar-refractivity contribution in [1.82, 2.24) is 4.98 Å². The van der Waals surface area contributed by atoms with Gasteiger partial charge in [0.25, 0.3) is 0 Å². The van der Waals surface area contributed by atoms with Gasteiger partial charge in [-0.1, -0.05) is 0 Å². The number of carboxylic acid groups (broad SMARTS) is 1. The van der Waals surface area contributed by atoms with Crippen LogP contribution in [-0.2, 0) is 0 Å². The van der Waals surface area contributed by atoms with E-state index in [1.54, 1.807) is 12.1 Å². The summed E-state index contributed by atoms with van der Waals surface area (Å²) in [6.45, 7) is 0. The van der Waals surface area contributed by atoms with Gasteiger partial charge in [0.1, 0.15) is 0 Å². The molecular weight excluding hydrogens is 276 g/mol. The molecule has 0 spiro atoms. The summed E-state index contributed by atoms with van der Waals surface area (Å²) >= 11 is 0. The number of non-ortho nitro benzene ring substituents is 1. The molecule has 0 aliphatic heterocycles. The molecule has 0 amide bonds. The summed E-state index contributed by atoms with van der Waals surface area (Å²) in [4.78, 5) is 25.6. The number of nitro benzene ring substituents is 1. The van der Waals surface area contributed by atoms with E-state index in [0.717, 1.165) is 0 Å². The maximum atomic E-state index is 11.1. The number of benzene rings is 1. The molecule has 0 fully saturated rings. The first-order valence-corrected chi connectivity index (χ1v) is 5.91. The van der Waals surface area contributed by atoms with Crippen molar-refractivity contribution in [2.24, 2.45) is 0 Å². The number of hydrogen-bond acceptors (Lipinski definition) is 5. The van der Waals surface area contributed by atoms with Gasteiger partial charge in [-0.15, -0.1) is 0 Å². The number of hydrogen-bond donors (Lipinski definition) is 1. The van der Waals surface area contributed by atoms with Crippen molar-refractivity contribution in [2.45, 2.75) is 0 Å². The fourth-order valence-corrected chi connectivity index (χ4v) is 2.07. The monoisotopic (exact) mass is 284 g/mol. The van der Waals surface area contributed by atoms with Crippen molar-refractivity contribution in [3.05, 3.63) is 58.5 Å². The lowest BCUT2D eigenvalue weighted by atomic mass is 10.1. The minimum absolute atomic E-state index is 0.0648. The number of rotatable bonds is 3. The lowest BCUT2D eigenvalue weighted by Gasteiger charge is -2.03. The van der Waals surface area contributed by atoms with Crippen molar-refractivity contribution in [3.63, 3.8) is 0 Å². The van der Waals surface area contributed by atoms with Crippen molar-refractivity contribution in [1.29, 1.82) is 0 Å². The van der Waals surface area contributed by atoms with Gasteiger partial charge in [-0.25, -0.2) is 4.79 Å². The third-order valence-electron chi connectivity index (χ3n) is 3.03. The Labute approximate surface area is 117 Å². The second-order valence-electron chi connectivity index (χ2n) is 4.33. The molecule has 0 aliphatic rings. The van der Waals surface area contributed by atoms with Gasteiger partial charge in [0.05, 0.1) is 22.4 Å². The summed E-state index contributed by atoms with van der Waals surface area (Å²) in [6.07, 6.45) is 2.72. The predicted octanol–water partition coefficient (Wildman–Crippen LogP) is 3.10. The number of fused-ring (bicyclic) bond motifs is 1. The molecule has 2 aromatic heterocycles. The standard InChI is InChI=1S/C14H8N2O5/c17-14(18)9-1-3-15-11(6-9)10-5-8-2-4-21-13(8)12(7-10)16(19)20/h1-7H,(H,17,18). The molecule has 0 atom stereocenters. The SMILES string of the molecule is O=C(O)c1ccnc(-c2cc([N+](=O)[O-])c3occc3c2)c1. The van der Waals surface area contributed by atoms with E-state index in [2.05, 4.69) is 4.98 Å². The largest absolute Gasteiger partial charge is 0.478 e. The topological polar surface area (TPSA) is 106 Å². The summed E-state index contributed by atoms with van der Waals surface area (Å²) in [5.74, 6) is -1.09. The van der Waals surface area contributed by atoms with E-state index in [1.165, 1.54) is 30.7 Å². The Morgan fingerprint density at radius 2 is 2.10 bits per heavy atom. The minimum atomic E-state index is -1.09. The third-order valence-corrected chi connectivity index (χ3v) is 3.03. The molecule has 7 heteroatoms. The fourth-order valence-electron chi connectivity index (χ4n) is 2.07. The number of carboxylic acids is 1. The quantitative estimate of drug-likeness (QED) is 0.585. The number of nitrogens with zero attached hydrogens (tertiary/aromatic N) is 2. The molecule has 0 radical (unpaired) electrons. The van der Waals surface area contributed by atoms with Gasteiger partial charge in [-0.3, -0.25) is 15.1 Å². The van der Waals surface area contributed by atoms with E-state index in [4.69, 9.17) is 9.52 Å². The van der Waals surface area contributed by atoms with Gasteiger partial charge in [-0.05, 0) is 24.3 Å². The van der Waals surface area contributed by atoms with E-state index in [-0.39, 0.29) is 16.8 Å². The summed E-state index contributed by atoms with van der Waals surface area (Å²) in [6, 6.07) is 7.32. The summed E-state index contributed by atoms with van der Waals surface area (Å²) < 4.78 is 5.11. The van der Waals surface area contributed by atoms with Crippen LogP contribution < -0.4 is 0 Å². The van der Waals surface area contributed by atoms with E-state index in [9.17, 15) is 14.9 Å². The molecule has 0 unspecified atom stereocenters. The zero-order valence-corrected chi connectivity index (χ0v) is 10.5. The maximum Gasteiger partial charge on any atom is 0.335 e. The van der Waals surface area contributed by atoms with Crippen LogP contribution in [0.4, 0.5) is 5.69 Å². The fraction of sp³-hybridized carbons (Fsp3) is 0. The molecule has 7 nitrogen and oxygen atoms in total. The van der Waals surface area contributed by atoms with Crippen LogP contribution in [0, 0.1) is 10.1 Å². The van der Waals surface area contributed by atoms with Gasteiger partial charge in [0.2, 0.25) is 5.58 Å². The van der Waals surface area contributed by atoms with Gasteiger partial charge in [0, 0.05) is 23.2 Å². The van der Waals surface area contributed by atoms with Crippen LogP contribution in [-0.4, -0.2) is 21.0 Å². The van der Waals surface area contributed by atoms with Gasteiger partial charge in [0.15, 0.2) is 0 Å². The third kappa shape index (κ3) is 2.20. The molecule has 1 N–H and O–H groups in total. The average Bonchev–Trinajstić information content (AvgIpc) is 2.94. The highest BCUT2D eigenvalue weighted by molar-refractivity contribution is 5.92. The van der Waals surface area contributed by atoms with E-state index >= 15 is 0 Å². The van der Waals surface area contributed by atoms with E-state index < -0.39 is 10.9 Å². The van der Waals surface area contributed by atoms with Crippen LogP contribution in [0.3, 0.4) is 0 Å². The highest BCUT2D eigenvalue weighted by atomic mass is 16.6. The average molecular weight is 284 g/mol. The minimum Gasteiger partial charge on any atom is -0.478 e. The van der Waals surface area contributed by atoms with Crippen molar-refractivity contribution >= 4 is 22.6 Å². The van der Waals surface area contributed by atoms with Crippen molar-refractivity contribution in [3.8, 4) is 11.3 Å². The molecule has 104 valence electrons. The molecule has 2 heterocycles. The summed E-state index contributed by atoms with van der Waals surface area (Å²) in [5, 5.41) is 20.6. The van der Waals surface area contributed by atoms with Crippen LogP contribution in [0.2, 0.25) is 0 Å². The summed E-state index contributed by atoms with van der Waals surface area (Å²) in [5.41, 5.74) is 0.864. The van der Waals surface area contributed by atoms with Crippen molar-refractivity contribution in [2.75, 3.05) is 0 Å². The number of furan rings is 1. The second-order valence-corrected chi connectivity index (χ2v) is 4.33. The molecule has 21 heavy (non-hydrogen) atoms. The van der Waals surface area contributed by atoms with Crippen LogP contribution in [0.5, 0.6) is 0 Å². The Morgan fingerprint density at radius 3 is 2.81 bits per heavy atom. The first kappa shape index (κ1) is 12.8. The Hall–Kier alpha value is -3.22. The van der Waals surface area contributed by atoms with Gasteiger partial charge in [-0.2, -0.15) is 0 Å². The predicted molar refractivity (Wildman–Crippen MR) is 73.1 cm³/mol. The zero-order valence-electron chi connectivity index (χ0n) is 10.5. The second kappa shape index (κ2) is 4.71. The highest BCUT2D eigenvalue weighted by Gasteiger charge is 2.18. The molecule has 1 aromatic carbocycles.